The number of nitrogens with zero attached hydrogens (tertiary/aromatic N) is 5. The highest BCUT2D eigenvalue weighted by Crippen LogP contribution is 2.33. The molecule has 0 radical (unpaired) electrons. The van der Waals surface area contributed by atoms with E-state index in [1.807, 2.05) is 6.92 Å². The first-order chi connectivity index (χ1) is 9.16. The van der Waals surface area contributed by atoms with Gasteiger partial charge in [-0.05, 0) is 6.92 Å². The largest absolute Gasteiger partial charge is 0.378 e. The van der Waals surface area contributed by atoms with Gasteiger partial charge in [0.15, 0.2) is 11.0 Å². The van der Waals surface area contributed by atoms with Crippen molar-refractivity contribution in [2.45, 2.75) is 12.1 Å². The van der Waals surface area contributed by atoms with E-state index in [0.29, 0.717) is 11.0 Å². The molecule has 19 heavy (non-hydrogen) atoms. The summed E-state index contributed by atoms with van der Waals surface area (Å²) >= 11 is 5.70. The summed E-state index contributed by atoms with van der Waals surface area (Å²) in [6.07, 6.45) is 0. The molecule has 0 amide bonds. The highest BCUT2D eigenvalue weighted by Gasteiger charge is 2.20. The Hall–Kier alpha value is -1.32. The lowest BCUT2D eigenvalue weighted by Crippen LogP contribution is -2.36. The molecule has 0 spiro atoms. The first-order valence-corrected chi connectivity index (χ1v) is 7.13. The van der Waals surface area contributed by atoms with Crippen molar-refractivity contribution in [2.24, 2.45) is 0 Å². The van der Waals surface area contributed by atoms with E-state index >= 15 is 0 Å². The van der Waals surface area contributed by atoms with Crippen molar-refractivity contribution in [3.8, 4) is 10.7 Å². The number of aromatic nitrogens is 4. The summed E-state index contributed by atoms with van der Waals surface area (Å²) in [6, 6.07) is 0. The third-order valence-electron chi connectivity index (χ3n) is 2.95. The Morgan fingerprint density at radius 1 is 1.32 bits per heavy atom. The van der Waals surface area contributed by atoms with Gasteiger partial charge in [-0.1, -0.05) is 11.3 Å². The normalized spacial score (nSPS) is 16.0. The van der Waals surface area contributed by atoms with E-state index in [0.717, 1.165) is 42.0 Å². The van der Waals surface area contributed by atoms with Gasteiger partial charge in [-0.2, -0.15) is 0 Å². The van der Waals surface area contributed by atoms with Gasteiger partial charge in [0.25, 0.3) is 0 Å². The number of aryl methyl sites for hydroxylation is 1. The van der Waals surface area contributed by atoms with E-state index in [1.54, 1.807) is 11.3 Å². The standard InChI is InChI=1S/C10H14N6OS2/c1-6-7(8-13-14-9(18)16(8)11)19-10(12-6)15-2-4-17-5-3-15/h2-5,11H2,1H3,(H,14,18). The van der Waals surface area contributed by atoms with Gasteiger partial charge >= 0.3 is 0 Å². The van der Waals surface area contributed by atoms with Crippen LogP contribution >= 0.6 is 24.0 Å². The molecule has 1 aliphatic heterocycles. The van der Waals surface area contributed by atoms with Crippen LogP contribution in [0.15, 0.2) is 5.16 Å². The van der Waals surface area contributed by atoms with Crippen molar-refractivity contribution in [2.75, 3.05) is 37.0 Å². The Balaban J connectivity index is 1.95. The van der Waals surface area contributed by atoms with Crippen LogP contribution in [-0.4, -0.2) is 46.2 Å². The maximum atomic E-state index is 5.85. The summed E-state index contributed by atoms with van der Waals surface area (Å²) in [4.78, 5) is 7.73. The number of hydrogen-bond acceptors (Lipinski definition) is 8. The van der Waals surface area contributed by atoms with E-state index in [1.165, 1.54) is 4.68 Å². The molecule has 7 nitrogen and oxygen atoms in total. The zero-order valence-corrected chi connectivity index (χ0v) is 12.1. The minimum atomic E-state index is 0.385. The molecule has 3 rings (SSSR count). The number of ether oxygens (including phenoxy) is 1. The molecule has 0 bridgehead atoms. The molecule has 102 valence electrons. The van der Waals surface area contributed by atoms with Gasteiger partial charge in [-0.25, -0.2) is 9.66 Å². The molecular weight excluding hydrogens is 284 g/mol. The lowest BCUT2D eigenvalue weighted by molar-refractivity contribution is 0.122. The maximum absolute atomic E-state index is 5.85. The molecule has 9 heteroatoms. The van der Waals surface area contributed by atoms with Crippen LogP contribution in [0.4, 0.5) is 5.13 Å². The van der Waals surface area contributed by atoms with Crippen LogP contribution in [0.2, 0.25) is 0 Å². The molecule has 0 atom stereocenters. The fourth-order valence-corrected chi connectivity index (χ4v) is 3.16. The Morgan fingerprint density at radius 3 is 2.68 bits per heavy atom. The molecule has 0 unspecified atom stereocenters. The van der Waals surface area contributed by atoms with E-state index in [4.69, 9.17) is 10.6 Å². The number of anilines is 1. The summed E-state index contributed by atoms with van der Waals surface area (Å²) in [5.41, 5.74) is 0.902. The first-order valence-electron chi connectivity index (χ1n) is 5.87. The molecule has 0 aliphatic carbocycles. The molecule has 0 saturated carbocycles. The summed E-state index contributed by atoms with van der Waals surface area (Å²) in [5, 5.41) is 9.25. The van der Waals surface area contributed by atoms with Gasteiger partial charge in [-0.3, -0.25) is 0 Å². The second kappa shape index (κ2) is 4.99. The topological polar surface area (TPSA) is 82.1 Å². The number of morpholine rings is 1. The average molecular weight is 298 g/mol. The quantitative estimate of drug-likeness (QED) is 0.622. The number of thiazole rings is 1. The van der Waals surface area contributed by atoms with E-state index in [9.17, 15) is 0 Å². The number of rotatable bonds is 2. The van der Waals surface area contributed by atoms with Crippen molar-refractivity contribution in [3.05, 3.63) is 5.69 Å². The maximum Gasteiger partial charge on any atom is 0.207 e. The van der Waals surface area contributed by atoms with Gasteiger partial charge in [-0.15, -0.1) is 22.8 Å². The molecular formula is C10H14N6OS2. The second-order valence-corrected chi connectivity index (χ2v) is 5.58. The summed E-state index contributed by atoms with van der Waals surface area (Å²) in [6.45, 7) is 5.14. The Bertz CT molecular complexity index is 589. The van der Waals surface area contributed by atoms with E-state index < -0.39 is 0 Å². The minimum absolute atomic E-state index is 0.385. The van der Waals surface area contributed by atoms with Gasteiger partial charge < -0.3 is 15.5 Å². The first kappa shape index (κ1) is 12.7. The molecule has 0 aromatic carbocycles. The van der Waals surface area contributed by atoms with Crippen molar-refractivity contribution >= 4 is 29.1 Å². The van der Waals surface area contributed by atoms with Crippen LogP contribution in [0.5, 0.6) is 0 Å². The van der Waals surface area contributed by atoms with Crippen LogP contribution in [0, 0.1) is 6.92 Å². The van der Waals surface area contributed by atoms with Crippen molar-refractivity contribution < 1.29 is 4.74 Å². The van der Waals surface area contributed by atoms with Gasteiger partial charge in [0.05, 0.1) is 23.8 Å². The summed E-state index contributed by atoms with van der Waals surface area (Å²) in [7, 11) is 0. The molecule has 2 aromatic rings. The predicted octanol–water partition coefficient (Wildman–Crippen LogP) is 0.549. The third-order valence-corrected chi connectivity index (χ3v) is 4.47. The molecule has 1 aliphatic rings. The lowest BCUT2D eigenvalue weighted by Gasteiger charge is -2.25. The van der Waals surface area contributed by atoms with Gasteiger partial charge in [0.2, 0.25) is 5.16 Å². The van der Waals surface area contributed by atoms with E-state index in [-0.39, 0.29) is 0 Å². The van der Waals surface area contributed by atoms with Crippen molar-refractivity contribution in [1.29, 1.82) is 0 Å². The Kier molecular flexibility index (Phi) is 3.33. The lowest BCUT2D eigenvalue weighted by atomic mass is 10.4. The summed E-state index contributed by atoms with van der Waals surface area (Å²) < 4.78 is 6.71. The zero-order chi connectivity index (χ0) is 13.4. The molecule has 2 aromatic heterocycles. The Labute approximate surface area is 119 Å². The zero-order valence-electron chi connectivity index (χ0n) is 10.4. The van der Waals surface area contributed by atoms with Crippen LogP contribution in [0.3, 0.4) is 0 Å². The number of nitrogens with two attached hydrogens (primary N) is 1. The summed E-state index contributed by atoms with van der Waals surface area (Å²) in [5.74, 6) is 6.45. The fourth-order valence-electron chi connectivity index (χ4n) is 1.92. The molecule has 3 heterocycles. The fraction of sp³-hybridized carbons (Fsp3) is 0.500. The predicted molar refractivity (Wildman–Crippen MR) is 76.3 cm³/mol. The highest BCUT2D eigenvalue weighted by molar-refractivity contribution is 7.80. The van der Waals surface area contributed by atoms with Gasteiger partial charge in [0, 0.05) is 13.1 Å². The van der Waals surface area contributed by atoms with Gasteiger partial charge in [0.1, 0.15) is 0 Å². The number of thiol groups is 1. The monoisotopic (exact) mass is 298 g/mol. The molecule has 1 fully saturated rings. The van der Waals surface area contributed by atoms with E-state index in [2.05, 4.69) is 32.7 Å². The second-order valence-electron chi connectivity index (χ2n) is 4.20. The average Bonchev–Trinajstić information content (AvgIpc) is 2.96. The SMILES string of the molecule is Cc1nc(N2CCOCC2)sc1-c1nnc(S)n1N. The van der Waals surface area contributed by atoms with Crippen molar-refractivity contribution in [3.63, 3.8) is 0 Å². The van der Waals surface area contributed by atoms with Crippen LogP contribution in [0.25, 0.3) is 10.7 Å². The molecule has 1 saturated heterocycles. The minimum Gasteiger partial charge on any atom is -0.378 e. The number of nitrogen functional groups attached to an aromatic ring is 1. The highest BCUT2D eigenvalue weighted by atomic mass is 32.1. The number of hydrogen-bond donors (Lipinski definition) is 2. The van der Waals surface area contributed by atoms with Crippen LogP contribution < -0.4 is 10.7 Å². The van der Waals surface area contributed by atoms with Crippen molar-refractivity contribution in [1.82, 2.24) is 19.9 Å². The van der Waals surface area contributed by atoms with Crippen LogP contribution in [-0.2, 0) is 4.74 Å². The Morgan fingerprint density at radius 2 is 2.05 bits per heavy atom. The van der Waals surface area contributed by atoms with Crippen LogP contribution in [0.1, 0.15) is 5.69 Å². The smallest absolute Gasteiger partial charge is 0.207 e. The molecule has 2 N–H and O–H groups in total. The third kappa shape index (κ3) is 2.28.